The molecule has 0 aromatic carbocycles. The van der Waals surface area contributed by atoms with Gasteiger partial charge >= 0.3 is 0 Å². The molecule has 0 N–H and O–H groups in total. The Labute approximate surface area is 171 Å². The topological polar surface area (TPSA) is 77.3 Å². The molecule has 0 saturated carbocycles. The van der Waals surface area contributed by atoms with Crippen LogP contribution in [0.25, 0.3) is 55.5 Å². The molecular formula is C24H14N6. The summed E-state index contributed by atoms with van der Waals surface area (Å²) in [6.07, 6.45) is 8.95. The van der Waals surface area contributed by atoms with Crippen LogP contribution in [0.5, 0.6) is 0 Å². The highest BCUT2D eigenvalue weighted by molar-refractivity contribution is 5.87. The maximum Gasteiger partial charge on any atom is 0.159 e. The monoisotopic (exact) mass is 386 g/mol. The van der Waals surface area contributed by atoms with E-state index in [1.165, 1.54) is 0 Å². The Balaban J connectivity index is 1.41. The fourth-order valence-corrected chi connectivity index (χ4v) is 3.54. The lowest BCUT2D eigenvalue weighted by Gasteiger charge is -2.06. The second-order valence-electron chi connectivity index (χ2n) is 7.00. The van der Waals surface area contributed by atoms with E-state index in [9.17, 15) is 0 Å². The van der Waals surface area contributed by atoms with Gasteiger partial charge in [-0.15, -0.1) is 0 Å². The van der Waals surface area contributed by atoms with Gasteiger partial charge in [0, 0.05) is 46.5 Å². The molecule has 6 aromatic rings. The fraction of sp³-hybridized carbons (Fsp3) is 0. The lowest BCUT2D eigenvalue weighted by Crippen LogP contribution is -1.92. The van der Waals surface area contributed by atoms with Gasteiger partial charge in [0.25, 0.3) is 0 Å². The molecule has 6 heterocycles. The van der Waals surface area contributed by atoms with Crippen molar-refractivity contribution < 1.29 is 0 Å². The van der Waals surface area contributed by atoms with Gasteiger partial charge in [-0.05, 0) is 48.5 Å². The van der Waals surface area contributed by atoms with Gasteiger partial charge in [-0.1, -0.05) is 6.07 Å². The molecule has 140 valence electrons. The zero-order valence-corrected chi connectivity index (χ0v) is 15.8. The highest BCUT2D eigenvalue weighted by Gasteiger charge is 2.08. The molecule has 0 unspecified atom stereocenters. The van der Waals surface area contributed by atoms with Crippen LogP contribution in [-0.4, -0.2) is 29.9 Å². The SMILES string of the molecule is c1cnc2cc(-c3ccc4cc(-c5cnc6ncccc6c5)ncc4n3)ncc2c1. The van der Waals surface area contributed by atoms with Gasteiger partial charge in [0.1, 0.15) is 0 Å². The summed E-state index contributed by atoms with van der Waals surface area (Å²) in [6, 6.07) is 17.9. The largest absolute Gasteiger partial charge is 0.256 e. The number of rotatable bonds is 2. The molecule has 0 aliphatic heterocycles. The molecule has 6 nitrogen and oxygen atoms in total. The summed E-state index contributed by atoms with van der Waals surface area (Å²) in [6.45, 7) is 0. The third kappa shape index (κ3) is 2.82. The van der Waals surface area contributed by atoms with Crippen LogP contribution < -0.4 is 0 Å². The van der Waals surface area contributed by atoms with Crippen molar-refractivity contribution in [2.75, 3.05) is 0 Å². The van der Waals surface area contributed by atoms with Crippen LogP contribution in [0.4, 0.5) is 0 Å². The molecule has 0 amide bonds. The Morgan fingerprint density at radius 1 is 0.500 bits per heavy atom. The summed E-state index contributed by atoms with van der Waals surface area (Å²) in [5.74, 6) is 0. The van der Waals surface area contributed by atoms with Crippen molar-refractivity contribution in [1.82, 2.24) is 29.9 Å². The number of fused-ring (bicyclic) bond motifs is 3. The van der Waals surface area contributed by atoms with Gasteiger partial charge in [0.2, 0.25) is 0 Å². The Bertz CT molecular complexity index is 1440. The first-order valence-corrected chi connectivity index (χ1v) is 9.53. The second-order valence-corrected chi connectivity index (χ2v) is 7.00. The predicted molar refractivity (Wildman–Crippen MR) is 117 cm³/mol. The normalized spacial score (nSPS) is 11.3. The van der Waals surface area contributed by atoms with Crippen LogP contribution in [0, 0.1) is 0 Å². The maximum absolute atomic E-state index is 4.76. The van der Waals surface area contributed by atoms with Crippen molar-refractivity contribution in [3.05, 3.63) is 85.6 Å². The van der Waals surface area contributed by atoms with Crippen LogP contribution in [0.15, 0.2) is 85.6 Å². The van der Waals surface area contributed by atoms with Gasteiger partial charge in [0.05, 0.1) is 34.3 Å². The summed E-state index contributed by atoms with van der Waals surface area (Å²) < 4.78 is 0. The lowest BCUT2D eigenvalue weighted by molar-refractivity contribution is 1.25. The molecule has 0 atom stereocenters. The highest BCUT2D eigenvalue weighted by Crippen LogP contribution is 2.26. The standard InChI is InChI=1S/C24H14N6/c1-3-16-9-18(13-29-24(16)26-8-1)20-10-15-5-6-19(30-23(15)14-28-20)22-11-21-17(12-27-22)4-2-7-25-21/h1-14H. The summed E-state index contributed by atoms with van der Waals surface area (Å²) in [5, 5.41) is 3.00. The highest BCUT2D eigenvalue weighted by atomic mass is 14.8. The van der Waals surface area contributed by atoms with Gasteiger partial charge in [0.15, 0.2) is 5.65 Å². The molecule has 0 radical (unpaired) electrons. The van der Waals surface area contributed by atoms with E-state index in [2.05, 4.69) is 31.0 Å². The van der Waals surface area contributed by atoms with Gasteiger partial charge in [-0.2, -0.15) is 0 Å². The van der Waals surface area contributed by atoms with Crippen molar-refractivity contribution >= 4 is 32.8 Å². The Morgan fingerprint density at radius 2 is 1.37 bits per heavy atom. The Morgan fingerprint density at radius 3 is 2.33 bits per heavy atom. The van der Waals surface area contributed by atoms with Crippen molar-refractivity contribution in [3.8, 4) is 22.6 Å². The minimum Gasteiger partial charge on any atom is -0.256 e. The summed E-state index contributed by atoms with van der Waals surface area (Å²) >= 11 is 0. The number of hydrogen-bond donors (Lipinski definition) is 0. The van der Waals surface area contributed by atoms with Gasteiger partial charge in [-0.25, -0.2) is 15.0 Å². The van der Waals surface area contributed by atoms with E-state index in [4.69, 9.17) is 4.98 Å². The zero-order chi connectivity index (χ0) is 19.9. The molecular weight excluding hydrogens is 372 g/mol. The zero-order valence-electron chi connectivity index (χ0n) is 15.8. The van der Waals surface area contributed by atoms with E-state index >= 15 is 0 Å². The van der Waals surface area contributed by atoms with Crippen molar-refractivity contribution in [1.29, 1.82) is 0 Å². The molecule has 0 fully saturated rings. The summed E-state index contributed by atoms with van der Waals surface area (Å²) in [5.41, 5.74) is 5.82. The average Bonchev–Trinajstić information content (AvgIpc) is 2.83. The van der Waals surface area contributed by atoms with E-state index in [1.807, 2.05) is 54.7 Å². The first kappa shape index (κ1) is 16.6. The molecule has 6 aromatic heterocycles. The number of aromatic nitrogens is 6. The maximum atomic E-state index is 4.76. The molecule has 0 aliphatic rings. The molecule has 0 spiro atoms. The Hall–Kier alpha value is -4.32. The summed E-state index contributed by atoms with van der Waals surface area (Å²) in [7, 11) is 0. The van der Waals surface area contributed by atoms with E-state index in [1.54, 1.807) is 24.8 Å². The Kier molecular flexibility index (Phi) is 3.67. The number of pyridine rings is 6. The van der Waals surface area contributed by atoms with E-state index < -0.39 is 0 Å². The third-order valence-corrected chi connectivity index (χ3v) is 5.07. The first-order chi connectivity index (χ1) is 14.8. The van der Waals surface area contributed by atoms with Crippen LogP contribution in [0.3, 0.4) is 0 Å². The average molecular weight is 386 g/mol. The van der Waals surface area contributed by atoms with Gasteiger partial charge in [-0.3, -0.25) is 15.0 Å². The van der Waals surface area contributed by atoms with Crippen molar-refractivity contribution in [2.24, 2.45) is 0 Å². The van der Waals surface area contributed by atoms with Gasteiger partial charge < -0.3 is 0 Å². The van der Waals surface area contributed by atoms with Crippen LogP contribution in [0.1, 0.15) is 0 Å². The van der Waals surface area contributed by atoms with Crippen LogP contribution >= 0.6 is 0 Å². The predicted octanol–water partition coefficient (Wildman–Crippen LogP) is 4.85. The number of nitrogens with zero attached hydrogens (tertiary/aromatic N) is 6. The lowest BCUT2D eigenvalue weighted by atomic mass is 10.1. The summed E-state index contributed by atoms with van der Waals surface area (Å²) in [4.78, 5) is 27.0. The first-order valence-electron chi connectivity index (χ1n) is 9.53. The molecule has 0 aliphatic carbocycles. The second kappa shape index (κ2) is 6.63. The van der Waals surface area contributed by atoms with E-state index in [0.29, 0.717) is 0 Å². The van der Waals surface area contributed by atoms with Crippen molar-refractivity contribution in [3.63, 3.8) is 0 Å². The van der Waals surface area contributed by atoms with Crippen LogP contribution in [0.2, 0.25) is 0 Å². The third-order valence-electron chi connectivity index (χ3n) is 5.07. The molecule has 6 rings (SSSR count). The van der Waals surface area contributed by atoms with E-state index in [-0.39, 0.29) is 0 Å². The number of hydrogen-bond acceptors (Lipinski definition) is 6. The fourth-order valence-electron chi connectivity index (χ4n) is 3.54. The minimum absolute atomic E-state index is 0.728. The molecule has 30 heavy (non-hydrogen) atoms. The molecule has 0 bridgehead atoms. The van der Waals surface area contributed by atoms with Crippen LogP contribution in [-0.2, 0) is 0 Å². The quantitative estimate of drug-likeness (QED) is 0.423. The van der Waals surface area contributed by atoms with E-state index in [0.717, 1.165) is 55.5 Å². The molecule has 0 saturated heterocycles. The van der Waals surface area contributed by atoms with Crippen molar-refractivity contribution in [2.45, 2.75) is 0 Å². The molecule has 6 heteroatoms. The smallest absolute Gasteiger partial charge is 0.159 e. The minimum atomic E-state index is 0.728.